The van der Waals surface area contributed by atoms with Crippen LogP contribution >= 0.6 is 15.9 Å². The topological polar surface area (TPSA) is 113 Å². The molecule has 0 aromatic heterocycles. The highest BCUT2D eigenvalue weighted by molar-refractivity contribution is 9.10. The van der Waals surface area contributed by atoms with Gasteiger partial charge in [-0.1, -0.05) is 40.2 Å². The summed E-state index contributed by atoms with van der Waals surface area (Å²) in [6.07, 6.45) is 1.27. The molecule has 9 heteroatoms. The number of hydrogen-bond donors (Lipinski definition) is 4. The van der Waals surface area contributed by atoms with Gasteiger partial charge in [-0.05, 0) is 48.2 Å². The van der Waals surface area contributed by atoms with Gasteiger partial charge in [0.05, 0.1) is 4.90 Å². The van der Waals surface area contributed by atoms with Crippen LogP contribution in [0, 0.1) is 0 Å². The quantitative estimate of drug-likeness (QED) is 0.528. The third-order valence-electron chi connectivity index (χ3n) is 4.46. The maximum absolute atomic E-state index is 12.3. The molecule has 2 aromatic carbocycles. The Bertz CT molecular complexity index is 901. The van der Waals surface area contributed by atoms with Crippen molar-refractivity contribution in [2.75, 3.05) is 6.54 Å². The van der Waals surface area contributed by atoms with Crippen molar-refractivity contribution in [2.24, 2.45) is 5.14 Å². The van der Waals surface area contributed by atoms with Crippen LogP contribution in [0.15, 0.2) is 57.9 Å². The second-order valence-electron chi connectivity index (χ2n) is 6.41. The number of amides is 1. The van der Waals surface area contributed by atoms with Crippen LogP contribution < -0.4 is 21.3 Å². The first-order valence-electron chi connectivity index (χ1n) is 8.49. The summed E-state index contributed by atoms with van der Waals surface area (Å²) in [4.78, 5) is 12.4. The largest absolute Gasteiger partial charge is 0.354 e. The van der Waals surface area contributed by atoms with Crippen LogP contribution in [0.2, 0.25) is 0 Å². The molecular weight excluding hydrogens is 432 g/mol. The molecule has 5 N–H and O–H groups in total. The van der Waals surface area contributed by atoms with E-state index in [9.17, 15) is 13.2 Å². The molecule has 2 aromatic rings. The van der Waals surface area contributed by atoms with Crippen molar-refractivity contribution in [1.82, 2.24) is 16.2 Å². The Hall–Kier alpha value is -1.78. The maximum Gasteiger partial charge on any atom is 0.238 e. The van der Waals surface area contributed by atoms with Crippen molar-refractivity contribution < 1.29 is 13.2 Å². The number of primary sulfonamides is 1. The molecule has 7 nitrogen and oxygen atoms in total. The summed E-state index contributed by atoms with van der Waals surface area (Å²) < 4.78 is 23.5. The minimum atomic E-state index is -3.68. The minimum Gasteiger partial charge on any atom is -0.354 e. The molecule has 2 atom stereocenters. The Labute approximate surface area is 166 Å². The van der Waals surface area contributed by atoms with E-state index in [0.717, 1.165) is 15.6 Å². The number of sulfonamides is 1. The Morgan fingerprint density at radius 3 is 2.41 bits per heavy atom. The minimum absolute atomic E-state index is 0.0664. The molecule has 0 spiro atoms. The Kier molecular flexibility index (Phi) is 6.28. The summed E-state index contributed by atoms with van der Waals surface area (Å²) in [5.41, 5.74) is 8.24. The average molecular weight is 453 g/mol. The lowest BCUT2D eigenvalue weighted by Gasteiger charge is -2.11. The number of hydrogen-bond acceptors (Lipinski definition) is 5. The fourth-order valence-electron chi connectivity index (χ4n) is 2.94. The monoisotopic (exact) mass is 452 g/mol. The number of nitrogens with one attached hydrogen (secondary N) is 3. The number of benzene rings is 2. The Morgan fingerprint density at radius 2 is 1.78 bits per heavy atom. The molecule has 144 valence electrons. The van der Waals surface area contributed by atoms with Crippen LogP contribution in [-0.4, -0.2) is 26.9 Å². The molecule has 0 saturated carbocycles. The van der Waals surface area contributed by atoms with E-state index in [0.29, 0.717) is 19.4 Å². The van der Waals surface area contributed by atoms with Gasteiger partial charge in [-0.15, -0.1) is 0 Å². The highest BCUT2D eigenvalue weighted by atomic mass is 79.9. The number of nitrogens with two attached hydrogens (primary N) is 1. The summed E-state index contributed by atoms with van der Waals surface area (Å²) in [6.45, 7) is 0.467. The maximum atomic E-state index is 12.3. The van der Waals surface area contributed by atoms with E-state index in [1.54, 1.807) is 12.1 Å². The summed E-state index contributed by atoms with van der Waals surface area (Å²) >= 11 is 3.41. The van der Waals surface area contributed by atoms with Gasteiger partial charge >= 0.3 is 0 Å². The number of carbonyl (C=O) groups excluding carboxylic acids is 1. The van der Waals surface area contributed by atoms with Gasteiger partial charge in [-0.25, -0.2) is 24.4 Å². The molecule has 1 fully saturated rings. The normalized spacial score (nSPS) is 19.8. The van der Waals surface area contributed by atoms with E-state index in [1.807, 2.05) is 24.3 Å². The van der Waals surface area contributed by atoms with E-state index in [-0.39, 0.29) is 22.9 Å². The molecule has 27 heavy (non-hydrogen) atoms. The molecule has 0 aliphatic carbocycles. The summed E-state index contributed by atoms with van der Waals surface area (Å²) in [5, 5.41) is 7.98. The molecule has 2 unspecified atom stereocenters. The lowest BCUT2D eigenvalue weighted by atomic mass is 10.0. The molecule has 3 rings (SSSR count). The first-order chi connectivity index (χ1) is 12.8. The van der Waals surface area contributed by atoms with Crippen LogP contribution in [0.3, 0.4) is 0 Å². The van der Waals surface area contributed by atoms with E-state index in [1.165, 1.54) is 12.1 Å². The molecule has 1 saturated heterocycles. The average Bonchev–Trinajstić information content (AvgIpc) is 3.12. The van der Waals surface area contributed by atoms with Crippen molar-refractivity contribution in [3.05, 3.63) is 64.1 Å². The summed E-state index contributed by atoms with van der Waals surface area (Å²) in [6, 6.07) is 14.1. The van der Waals surface area contributed by atoms with Gasteiger partial charge in [0.25, 0.3) is 0 Å². The highest BCUT2D eigenvalue weighted by Gasteiger charge is 2.29. The molecule has 0 radical (unpaired) electrons. The zero-order chi connectivity index (χ0) is 19.4. The van der Waals surface area contributed by atoms with Crippen LogP contribution in [0.4, 0.5) is 0 Å². The van der Waals surface area contributed by atoms with Crippen molar-refractivity contribution in [3.8, 4) is 0 Å². The van der Waals surface area contributed by atoms with Crippen LogP contribution in [0.1, 0.15) is 23.6 Å². The second kappa shape index (κ2) is 8.49. The van der Waals surface area contributed by atoms with E-state index in [2.05, 4.69) is 32.1 Å². The SMILES string of the molecule is NS(=O)(=O)c1ccc(CCNC(=O)C2CC(c3ccc(Br)cc3)NN2)cc1. The van der Waals surface area contributed by atoms with E-state index in [4.69, 9.17) is 5.14 Å². The Balaban J connectivity index is 1.46. The van der Waals surface area contributed by atoms with Gasteiger partial charge in [0.1, 0.15) is 6.04 Å². The van der Waals surface area contributed by atoms with Crippen molar-refractivity contribution in [2.45, 2.75) is 29.8 Å². The van der Waals surface area contributed by atoms with Crippen molar-refractivity contribution in [1.29, 1.82) is 0 Å². The van der Waals surface area contributed by atoms with Crippen molar-refractivity contribution >= 4 is 31.9 Å². The van der Waals surface area contributed by atoms with E-state index >= 15 is 0 Å². The zero-order valence-electron chi connectivity index (χ0n) is 14.5. The second-order valence-corrected chi connectivity index (χ2v) is 8.89. The molecule has 1 aliphatic heterocycles. The van der Waals surface area contributed by atoms with E-state index < -0.39 is 10.0 Å². The van der Waals surface area contributed by atoms with Crippen molar-refractivity contribution in [3.63, 3.8) is 0 Å². The van der Waals surface area contributed by atoms with Gasteiger partial charge in [0, 0.05) is 17.1 Å². The predicted octanol–water partition coefficient (Wildman–Crippen LogP) is 1.36. The highest BCUT2D eigenvalue weighted by Crippen LogP contribution is 2.23. The third kappa shape index (κ3) is 5.36. The standard InChI is InChI=1S/C18H21BrN4O3S/c19-14-5-3-13(4-6-14)16-11-17(23-22-16)18(24)21-10-9-12-1-7-15(8-2-12)27(20,25)26/h1-8,16-17,22-23H,9-11H2,(H,21,24)(H2,20,25,26). The summed E-state index contributed by atoms with van der Waals surface area (Å²) in [7, 11) is -3.68. The lowest BCUT2D eigenvalue weighted by Crippen LogP contribution is -2.43. The number of rotatable bonds is 6. The smallest absolute Gasteiger partial charge is 0.238 e. The molecule has 1 amide bonds. The van der Waals surface area contributed by atoms with Gasteiger partial charge in [0.2, 0.25) is 15.9 Å². The predicted molar refractivity (Wildman–Crippen MR) is 106 cm³/mol. The van der Waals surface area contributed by atoms with Gasteiger partial charge in [-0.2, -0.15) is 0 Å². The van der Waals surface area contributed by atoms with Gasteiger partial charge < -0.3 is 5.32 Å². The molecular formula is C18H21BrN4O3S. The summed E-state index contributed by atoms with van der Waals surface area (Å²) in [5.74, 6) is -0.0664. The third-order valence-corrected chi connectivity index (χ3v) is 5.91. The molecule has 1 aliphatic rings. The zero-order valence-corrected chi connectivity index (χ0v) is 16.9. The fraction of sp³-hybridized carbons (Fsp3) is 0.278. The number of halogens is 1. The van der Waals surface area contributed by atoms with Crippen LogP contribution in [0.5, 0.6) is 0 Å². The molecule has 0 bridgehead atoms. The molecule has 1 heterocycles. The fourth-order valence-corrected chi connectivity index (χ4v) is 3.72. The first kappa shape index (κ1) is 20.0. The lowest BCUT2D eigenvalue weighted by molar-refractivity contribution is -0.122. The van der Waals surface area contributed by atoms with Gasteiger partial charge in [-0.3, -0.25) is 4.79 Å². The van der Waals surface area contributed by atoms with Crippen LogP contribution in [0.25, 0.3) is 0 Å². The van der Waals surface area contributed by atoms with Gasteiger partial charge in [0.15, 0.2) is 0 Å². The number of carbonyl (C=O) groups is 1. The Morgan fingerprint density at radius 1 is 1.11 bits per heavy atom. The first-order valence-corrected chi connectivity index (χ1v) is 10.8. The van der Waals surface area contributed by atoms with Crippen LogP contribution in [-0.2, 0) is 21.2 Å². The number of hydrazine groups is 1.